The van der Waals surface area contributed by atoms with Gasteiger partial charge in [-0.05, 0) is 109 Å². The van der Waals surface area contributed by atoms with Gasteiger partial charge in [0.2, 0.25) is 0 Å². The highest BCUT2D eigenvalue weighted by Gasteiger charge is 2.23. The smallest absolute Gasteiger partial charge is 0.137 e. The summed E-state index contributed by atoms with van der Waals surface area (Å²) in [4.78, 5) is 2.41. The molecule has 2 aromatic heterocycles. The van der Waals surface area contributed by atoms with E-state index in [-0.39, 0.29) is 5.41 Å². The summed E-state index contributed by atoms with van der Waals surface area (Å²) in [6.07, 6.45) is 0. The third-order valence-electron chi connectivity index (χ3n) is 10.9. The first-order chi connectivity index (χ1) is 24.9. The minimum absolute atomic E-state index is 0.000183. The number of hydrogen-bond donors (Lipinski definition) is 0. The van der Waals surface area contributed by atoms with E-state index in [1.165, 1.54) is 48.7 Å². The Hall–Kier alpha value is -6.32. The molecule has 0 atom stereocenters. The number of anilines is 3. The summed E-state index contributed by atoms with van der Waals surface area (Å²) in [5.41, 5.74) is 8.15. The lowest BCUT2D eigenvalue weighted by Crippen LogP contribution is -2.14. The van der Waals surface area contributed by atoms with Gasteiger partial charge >= 0.3 is 0 Å². The highest BCUT2D eigenvalue weighted by Crippen LogP contribution is 2.46. The van der Waals surface area contributed by atoms with Gasteiger partial charge in [-0.2, -0.15) is 0 Å². The standard InChI is InChI=1S/C48H33NO2/c1-48(2,3)31-10-7-11-32(26-31)49(39-23-17-30-15-14-28-8-6-9-29-16-19-36(39)45(30)44(28)29)33-18-20-38-43(27-33)51-42-25-22-34-35(47(38)42)21-24-41-46(34)37-12-4-5-13-40(37)50-41/h4-27H,1-3H3. The van der Waals surface area contributed by atoms with Crippen molar-refractivity contribution in [2.24, 2.45) is 0 Å². The molecule has 0 saturated heterocycles. The predicted octanol–water partition coefficient (Wildman–Crippen LogP) is 14.3. The van der Waals surface area contributed by atoms with Crippen LogP contribution in [0.25, 0.3) is 87.0 Å². The van der Waals surface area contributed by atoms with Crippen LogP contribution in [-0.2, 0) is 5.41 Å². The lowest BCUT2D eigenvalue weighted by molar-refractivity contribution is 0.590. The Balaban J connectivity index is 1.17. The molecule has 0 spiro atoms. The predicted molar refractivity (Wildman–Crippen MR) is 216 cm³/mol. The second-order valence-electron chi connectivity index (χ2n) is 14.9. The van der Waals surface area contributed by atoms with Crippen LogP contribution in [0.5, 0.6) is 0 Å². The van der Waals surface area contributed by atoms with Gasteiger partial charge < -0.3 is 13.7 Å². The molecule has 11 rings (SSSR count). The molecule has 51 heavy (non-hydrogen) atoms. The first kappa shape index (κ1) is 28.5. The first-order valence-electron chi connectivity index (χ1n) is 17.7. The summed E-state index contributed by atoms with van der Waals surface area (Å²) in [5.74, 6) is 0. The Bertz CT molecular complexity index is 3170. The van der Waals surface area contributed by atoms with Crippen LogP contribution >= 0.6 is 0 Å². The Labute approximate surface area is 294 Å². The molecule has 9 aromatic carbocycles. The average molecular weight is 656 g/mol. The Morgan fingerprint density at radius 1 is 0.392 bits per heavy atom. The highest BCUT2D eigenvalue weighted by molar-refractivity contribution is 6.28. The lowest BCUT2D eigenvalue weighted by atomic mass is 9.86. The fraction of sp³-hybridized carbons (Fsp3) is 0.0833. The monoisotopic (exact) mass is 655 g/mol. The van der Waals surface area contributed by atoms with Crippen molar-refractivity contribution in [3.63, 3.8) is 0 Å². The molecule has 0 saturated carbocycles. The zero-order valence-corrected chi connectivity index (χ0v) is 28.6. The maximum atomic E-state index is 6.71. The fourth-order valence-electron chi connectivity index (χ4n) is 8.49. The molecule has 3 heteroatoms. The van der Waals surface area contributed by atoms with E-state index < -0.39 is 0 Å². The van der Waals surface area contributed by atoms with Crippen molar-refractivity contribution in [3.8, 4) is 0 Å². The molecule has 11 aromatic rings. The van der Waals surface area contributed by atoms with Crippen molar-refractivity contribution in [3.05, 3.63) is 151 Å². The molecule has 0 unspecified atom stereocenters. The number of hydrogen-bond acceptors (Lipinski definition) is 3. The van der Waals surface area contributed by atoms with Crippen molar-refractivity contribution in [2.75, 3.05) is 4.90 Å². The molecule has 242 valence electrons. The zero-order chi connectivity index (χ0) is 34.0. The van der Waals surface area contributed by atoms with Crippen LogP contribution < -0.4 is 4.90 Å². The summed E-state index contributed by atoms with van der Waals surface area (Å²) in [6, 6.07) is 52.8. The zero-order valence-electron chi connectivity index (χ0n) is 28.6. The SMILES string of the molecule is CC(C)(C)c1cccc(N(c2ccc3c(c2)oc2ccc4c(ccc5oc6ccccc6c54)c23)c2ccc3ccc4cccc5ccc2c3c45)c1. The number of rotatable bonds is 3. The van der Waals surface area contributed by atoms with Gasteiger partial charge in [0.05, 0.1) is 5.69 Å². The van der Waals surface area contributed by atoms with Gasteiger partial charge in [0.15, 0.2) is 0 Å². The van der Waals surface area contributed by atoms with E-state index in [1.807, 2.05) is 12.1 Å². The second kappa shape index (κ2) is 10.1. The maximum Gasteiger partial charge on any atom is 0.137 e. The summed E-state index contributed by atoms with van der Waals surface area (Å²) >= 11 is 0. The van der Waals surface area contributed by atoms with Gasteiger partial charge in [0.25, 0.3) is 0 Å². The molecule has 0 aliphatic rings. The third-order valence-corrected chi connectivity index (χ3v) is 10.9. The fourth-order valence-corrected chi connectivity index (χ4v) is 8.49. The van der Waals surface area contributed by atoms with E-state index in [0.717, 1.165) is 60.9 Å². The van der Waals surface area contributed by atoms with Crippen LogP contribution in [0.3, 0.4) is 0 Å². The minimum Gasteiger partial charge on any atom is -0.456 e. The van der Waals surface area contributed by atoms with Crippen molar-refractivity contribution in [1.29, 1.82) is 0 Å². The molecule has 2 heterocycles. The largest absolute Gasteiger partial charge is 0.456 e. The minimum atomic E-state index is -0.000183. The number of nitrogens with zero attached hydrogens (tertiary/aromatic N) is 1. The van der Waals surface area contributed by atoms with E-state index in [1.54, 1.807) is 0 Å². The van der Waals surface area contributed by atoms with Crippen LogP contribution in [0.1, 0.15) is 26.3 Å². The molecule has 0 aliphatic carbocycles. The molecule has 0 N–H and O–H groups in total. The molecule has 0 aliphatic heterocycles. The Morgan fingerprint density at radius 3 is 1.75 bits per heavy atom. The summed E-state index contributed by atoms with van der Waals surface area (Å²) < 4.78 is 12.9. The lowest BCUT2D eigenvalue weighted by Gasteiger charge is -2.29. The third kappa shape index (κ3) is 4.06. The van der Waals surface area contributed by atoms with Crippen LogP contribution in [0.15, 0.2) is 154 Å². The van der Waals surface area contributed by atoms with Crippen LogP contribution in [0, 0.1) is 0 Å². The maximum absolute atomic E-state index is 6.71. The van der Waals surface area contributed by atoms with E-state index in [4.69, 9.17) is 8.83 Å². The average Bonchev–Trinajstić information content (AvgIpc) is 3.72. The van der Waals surface area contributed by atoms with Gasteiger partial charge in [0, 0.05) is 44.4 Å². The molecule has 0 fully saturated rings. The van der Waals surface area contributed by atoms with Crippen molar-refractivity contribution >= 4 is 104 Å². The molecular formula is C48H33NO2. The first-order valence-corrected chi connectivity index (χ1v) is 17.7. The van der Waals surface area contributed by atoms with Crippen LogP contribution in [0.2, 0.25) is 0 Å². The quantitative estimate of drug-likeness (QED) is 0.177. The van der Waals surface area contributed by atoms with E-state index in [9.17, 15) is 0 Å². The van der Waals surface area contributed by atoms with Gasteiger partial charge in [-0.3, -0.25) is 0 Å². The molecule has 0 bridgehead atoms. The molecule has 3 nitrogen and oxygen atoms in total. The molecular weight excluding hydrogens is 623 g/mol. The van der Waals surface area contributed by atoms with Crippen LogP contribution in [0.4, 0.5) is 17.1 Å². The van der Waals surface area contributed by atoms with E-state index in [2.05, 4.69) is 159 Å². The normalized spacial score (nSPS) is 12.6. The molecule has 0 radical (unpaired) electrons. The highest BCUT2D eigenvalue weighted by atomic mass is 16.3. The van der Waals surface area contributed by atoms with Gasteiger partial charge in [-0.15, -0.1) is 0 Å². The van der Waals surface area contributed by atoms with E-state index in [0.29, 0.717) is 0 Å². The Morgan fingerprint density at radius 2 is 0.980 bits per heavy atom. The van der Waals surface area contributed by atoms with Crippen molar-refractivity contribution in [1.82, 2.24) is 0 Å². The van der Waals surface area contributed by atoms with E-state index >= 15 is 0 Å². The van der Waals surface area contributed by atoms with Gasteiger partial charge in [-0.25, -0.2) is 0 Å². The second-order valence-corrected chi connectivity index (χ2v) is 14.9. The number of fused-ring (bicyclic) bond motifs is 9. The number of furan rings is 2. The number of para-hydroxylation sites is 1. The summed E-state index contributed by atoms with van der Waals surface area (Å²) in [7, 11) is 0. The number of benzene rings is 9. The van der Waals surface area contributed by atoms with Crippen molar-refractivity contribution in [2.45, 2.75) is 26.2 Å². The summed E-state index contributed by atoms with van der Waals surface area (Å²) in [5, 5.41) is 14.5. The van der Waals surface area contributed by atoms with Gasteiger partial charge in [0.1, 0.15) is 22.3 Å². The van der Waals surface area contributed by atoms with Crippen molar-refractivity contribution < 1.29 is 8.83 Å². The Kier molecular flexibility index (Phi) is 5.66. The van der Waals surface area contributed by atoms with Gasteiger partial charge in [-0.1, -0.05) is 99.6 Å². The van der Waals surface area contributed by atoms with Crippen LogP contribution in [-0.4, -0.2) is 0 Å². The molecule has 0 amide bonds. The summed E-state index contributed by atoms with van der Waals surface area (Å²) in [6.45, 7) is 6.83. The topological polar surface area (TPSA) is 29.5 Å².